The van der Waals surface area contributed by atoms with Crippen molar-refractivity contribution in [3.63, 3.8) is 0 Å². The molecule has 0 aromatic carbocycles. The topological polar surface area (TPSA) is 18.5 Å². The Labute approximate surface area is 223 Å². The van der Waals surface area contributed by atoms with Gasteiger partial charge >= 0.3 is 225 Å². The maximum absolute atomic E-state index is 6.79. The zero-order chi connectivity index (χ0) is 25.8. The Morgan fingerprint density at radius 3 is 1.24 bits per heavy atom. The van der Waals surface area contributed by atoms with Crippen LogP contribution >= 0.6 is 0 Å². The van der Waals surface area contributed by atoms with Gasteiger partial charge in [-0.1, -0.05) is 0 Å². The molecule has 0 radical (unpaired) electrons. The van der Waals surface area contributed by atoms with Crippen LogP contribution in [0.5, 0.6) is 0 Å². The summed E-state index contributed by atoms with van der Waals surface area (Å²) in [4.78, 5) is 0. The number of unbranched alkanes of at least 4 members (excludes halogenated alkanes) is 4. The normalized spacial score (nSPS) is 15.9. The second kappa shape index (κ2) is 15.8. The van der Waals surface area contributed by atoms with Crippen LogP contribution in [0.1, 0.15) is 107 Å². The van der Waals surface area contributed by atoms with Gasteiger partial charge in [-0.2, -0.15) is 0 Å². The van der Waals surface area contributed by atoms with E-state index in [9.17, 15) is 0 Å². The molecule has 0 N–H and O–H groups in total. The second-order valence-electron chi connectivity index (χ2n) is 12.9. The van der Waals surface area contributed by atoms with Gasteiger partial charge < -0.3 is 0 Å². The molecule has 0 spiro atoms. The van der Waals surface area contributed by atoms with Gasteiger partial charge in [0.2, 0.25) is 0 Å². The van der Waals surface area contributed by atoms with Gasteiger partial charge in [-0.25, -0.2) is 0 Å². The minimum atomic E-state index is -1.74. The zero-order valence-electron chi connectivity index (χ0n) is 24.6. The van der Waals surface area contributed by atoms with Crippen molar-refractivity contribution in [2.45, 2.75) is 155 Å². The van der Waals surface area contributed by atoms with Crippen LogP contribution in [0, 0.1) is 0 Å². The Balaban J connectivity index is 5.16. The van der Waals surface area contributed by atoms with Crippen molar-refractivity contribution in [1.82, 2.24) is 0 Å². The van der Waals surface area contributed by atoms with Gasteiger partial charge in [0.15, 0.2) is 0 Å². The van der Waals surface area contributed by atoms with E-state index in [1.54, 1.807) is 0 Å². The summed E-state index contributed by atoms with van der Waals surface area (Å²) in [7, 11) is -3.48. The predicted molar refractivity (Wildman–Crippen MR) is 151 cm³/mol. The molecule has 0 saturated carbocycles. The van der Waals surface area contributed by atoms with E-state index in [1.165, 1.54) is 51.4 Å². The van der Waals surface area contributed by atoms with E-state index in [4.69, 9.17) is 8.85 Å². The first-order valence-electron chi connectivity index (χ1n) is 13.8. The van der Waals surface area contributed by atoms with Crippen molar-refractivity contribution in [1.29, 1.82) is 0 Å². The fourth-order valence-electron chi connectivity index (χ4n) is 3.23. The van der Waals surface area contributed by atoms with Gasteiger partial charge in [0, 0.05) is 0 Å². The fourth-order valence-corrected chi connectivity index (χ4v) is 10.0. The Hall–Kier alpha value is 0.769. The average Bonchev–Trinajstić information content (AvgIpc) is 2.65. The molecule has 0 aromatic heterocycles. The van der Waals surface area contributed by atoms with Gasteiger partial charge in [-0.3, -0.25) is 0 Å². The molecule has 0 amide bonds. The number of rotatable bonds is 16. The van der Waals surface area contributed by atoms with Gasteiger partial charge in [-0.15, -0.1) is 0 Å². The first-order valence-corrected chi connectivity index (χ1v) is 25.9. The molecule has 2 unspecified atom stereocenters. The van der Waals surface area contributed by atoms with Crippen molar-refractivity contribution in [3.8, 4) is 0 Å². The molecule has 2 nitrogen and oxygen atoms in total. The van der Waals surface area contributed by atoms with Gasteiger partial charge in [-0.05, 0) is 0 Å². The van der Waals surface area contributed by atoms with E-state index in [0.717, 1.165) is 0 Å². The van der Waals surface area contributed by atoms with Crippen LogP contribution in [-0.4, -0.2) is 28.8 Å². The van der Waals surface area contributed by atoms with Gasteiger partial charge in [0.25, 0.3) is 0 Å². The molecule has 0 rings (SSSR count). The Morgan fingerprint density at radius 1 is 0.636 bits per heavy atom. The van der Waals surface area contributed by atoms with Crippen LogP contribution in [0.4, 0.5) is 0 Å². The van der Waals surface area contributed by atoms with Crippen molar-refractivity contribution in [3.05, 3.63) is 19.3 Å². The number of hydrogen-bond acceptors (Lipinski definition) is 2. The molecular formula is C28H58HgO2Si2. The van der Waals surface area contributed by atoms with Crippen molar-refractivity contribution >= 4 is 16.6 Å². The first kappa shape index (κ1) is 33.8. The van der Waals surface area contributed by atoms with Crippen molar-refractivity contribution in [2.24, 2.45) is 0 Å². The predicted octanol–water partition coefficient (Wildman–Crippen LogP) is 10.0. The molecule has 0 bridgehead atoms. The summed E-state index contributed by atoms with van der Waals surface area (Å²) in [6.07, 6.45) is 15.5. The van der Waals surface area contributed by atoms with Crippen molar-refractivity contribution < 1.29 is 33.4 Å². The molecule has 2 atom stereocenters. The summed E-state index contributed by atoms with van der Waals surface area (Å²) in [6.45, 7) is 28.2. The summed E-state index contributed by atoms with van der Waals surface area (Å²) < 4.78 is 18.7. The Bertz CT molecular complexity index is 521. The summed E-state index contributed by atoms with van der Waals surface area (Å²) in [5.41, 5.74) is 0. The molecule has 192 valence electrons. The molecule has 0 saturated heterocycles. The van der Waals surface area contributed by atoms with E-state index in [2.05, 4.69) is 101 Å². The molecule has 0 aromatic rings. The van der Waals surface area contributed by atoms with Crippen LogP contribution in [0.3, 0.4) is 0 Å². The zero-order valence-corrected chi connectivity index (χ0v) is 32.1. The molecule has 0 fully saturated rings. The van der Waals surface area contributed by atoms with Gasteiger partial charge in [0.1, 0.15) is 0 Å². The molecule has 0 aliphatic heterocycles. The van der Waals surface area contributed by atoms with Crippen LogP contribution in [-0.2, 0) is 33.4 Å². The van der Waals surface area contributed by atoms with E-state index in [0.29, 0.717) is 12.2 Å². The summed E-state index contributed by atoms with van der Waals surface area (Å²) in [5, 5.41) is 0.529. The first-order chi connectivity index (χ1) is 15.1. The monoisotopic (exact) mass is 684 g/mol. The summed E-state index contributed by atoms with van der Waals surface area (Å²) >= 11 is -1.21. The van der Waals surface area contributed by atoms with E-state index >= 15 is 0 Å². The SMILES string of the molecule is CCCCCC(C=[CH][Hg][CH]=CC(CCCCC)O[Si](C)(C)C(C)(C)C)O[Si](C)(C)C(C)(C)C. The molecule has 5 heteroatoms. The van der Waals surface area contributed by atoms with Crippen LogP contribution in [0.15, 0.2) is 19.3 Å². The third kappa shape index (κ3) is 14.2. The third-order valence-electron chi connectivity index (χ3n) is 7.66. The Morgan fingerprint density at radius 2 is 0.970 bits per heavy atom. The second-order valence-corrected chi connectivity index (χ2v) is 27.9. The fraction of sp³-hybridized carbons (Fsp3) is 0.857. The minimum absolute atomic E-state index is 0.265. The maximum atomic E-state index is 6.79. The van der Waals surface area contributed by atoms with E-state index < -0.39 is 41.2 Å². The molecule has 33 heavy (non-hydrogen) atoms. The van der Waals surface area contributed by atoms with Crippen LogP contribution in [0.2, 0.25) is 36.3 Å². The summed E-state index contributed by atoms with van der Waals surface area (Å²) in [6, 6.07) is 0. The molecule has 0 aliphatic carbocycles. The number of hydrogen-bond donors (Lipinski definition) is 0. The third-order valence-corrected chi connectivity index (χ3v) is 20.9. The Kier molecular flexibility index (Phi) is 16.2. The average molecular weight is 684 g/mol. The van der Waals surface area contributed by atoms with Crippen LogP contribution in [0.25, 0.3) is 0 Å². The standard InChI is InChI=1S/2C14H29OSi.Hg/c2*1-8-10-11-12-13(9-2)15-16(6,7)14(3,4)5;/h2*2,9,13H,8,10-12H2,1,3-7H3;. The van der Waals surface area contributed by atoms with E-state index in [-0.39, 0.29) is 10.1 Å². The van der Waals surface area contributed by atoms with Crippen molar-refractivity contribution in [2.75, 3.05) is 0 Å². The van der Waals surface area contributed by atoms with Gasteiger partial charge in [0.05, 0.1) is 0 Å². The molecule has 0 heterocycles. The summed E-state index contributed by atoms with van der Waals surface area (Å²) in [5.74, 6) is 0. The molecular weight excluding hydrogens is 625 g/mol. The quantitative estimate of drug-likeness (QED) is 0.119. The van der Waals surface area contributed by atoms with E-state index in [1.807, 2.05) is 0 Å². The molecule has 0 aliphatic rings. The van der Waals surface area contributed by atoms with Crippen LogP contribution < -0.4 is 0 Å².